The second-order valence-electron chi connectivity index (χ2n) is 7.14. The van der Waals surface area contributed by atoms with Crippen LogP contribution in [0.3, 0.4) is 0 Å². The Morgan fingerprint density at radius 3 is 2.50 bits per heavy atom. The van der Waals surface area contributed by atoms with Crippen molar-refractivity contribution in [3.63, 3.8) is 0 Å². The van der Waals surface area contributed by atoms with E-state index in [-0.39, 0.29) is 27.7 Å². The topological polar surface area (TPSA) is 64.8 Å². The monoisotopic (exact) mass is 347 g/mol. The third-order valence-electron chi connectivity index (χ3n) is 5.49. The van der Waals surface area contributed by atoms with Gasteiger partial charge in [0.15, 0.2) is 16.9 Å². The van der Waals surface area contributed by atoms with Crippen LogP contribution >= 0.6 is 0 Å². The van der Waals surface area contributed by atoms with Crippen molar-refractivity contribution in [2.45, 2.75) is 44.6 Å². The predicted molar refractivity (Wildman–Crippen MR) is 100 cm³/mol. The fourth-order valence-corrected chi connectivity index (χ4v) is 4.18. The molecular weight excluding hydrogens is 326 g/mol. The lowest BCUT2D eigenvalue weighted by molar-refractivity contribution is 0.101. The van der Waals surface area contributed by atoms with E-state index >= 15 is 0 Å². The zero-order valence-corrected chi connectivity index (χ0v) is 14.8. The van der Waals surface area contributed by atoms with Crippen molar-refractivity contribution in [3.05, 3.63) is 70.3 Å². The average molecular weight is 347 g/mol. The fourth-order valence-electron chi connectivity index (χ4n) is 4.18. The fraction of sp³-hybridized carbons (Fsp3) is 0.333. The van der Waals surface area contributed by atoms with Gasteiger partial charge < -0.3 is 4.57 Å². The number of aromatic nitrogens is 3. The van der Waals surface area contributed by atoms with Crippen LogP contribution in [-0.2, 0) is 12.0 Å². The normalized spacial score (nSPS) is 16.0. The Bertz CT molecular complexity index is 1020. The summed E-state index contributed by atoms with van der Waals surface area (Å²) in [6.45, 7) is 2.11. The predicted octanol–water partition coefficient (Wildman–Crippen LogP) is 3.51. The van der Waals surface area contributed by atoms with Gasteiger partial charge in [-0.3, -0.25) is 9.59 Å². The lowest BCUT2D eigenvalue weighted by Gasteiger charge is -2.31. The van der Waals surface area contributed by atoms with Crippen molar-refractivity contribution in [1.82, 2.24) is 14.5 Å². The van der Waals surface area contributed by atoms with Crippen LogP contribution < -0.4 is 5.43 Å². The van der Waals surface area contributed by atoms with E-state index < -0.39 is 0 Å². The van der Waals surface area contributed by atoms with Gasteiger partial charge in [-0.1, -0.05) is 43.2 Å². The maximum atomic E-state index is 12.6. The van der Waals surface area contributed by atoms with Crippen LogP contribution in [0.15, 0.2) is 53.7 Å². The molecular formula is C21H21N3O2. The second kappa shape index (κ2) is 6.48. The highest BCUT2D eigenvalue weighted by Crippen LogP contribution is 2.42. The molecule has 1 saturated carbocycles. The van der Waals surface area contributed by atoms with Crippen molar-refractivity contribution in [3.8, 4) is 0 Å². The number of ketones is 1. The number of Topliss-reactive ketones (excluding diaryl/α,β-unsaturated/α-hetero) is 1. The molecule has 5 nitrogen and oxygen atoms in total. The Labute approximate surface area is 151 Å². The first-order valence-electron chi connectivity index (χ1n) is 9.01. The Morgan fingerprint density at radius 1 is 1.12 bits per heavy atom. The van der Waals surface area contributed by atoms with Crippen molar-refractivity contribution in [2.75, 3.05) is 0 Å². The van der Waals surface area contributed by atoms with Gasteiger partial charge in [0.2, 0.25) is 5.43 Å². The summed E-state index contributed by atoms with van der Waals surface area (Å²) in [4.78, 5) is 33.2. The molecule has 0 N–H and O–H groups in total. The quantitative estimate of drug-likeness (QED) is 0.678. The van der Waals surface area contributed by atoms with Crippen molar-refractivity contribution < 1.29 is 4.79 Å². The summed E-state index contributed by atoms with van der Waals surface area (Å²) in [6, 6.07) is 10.5. The largest absolute Gasteiger partial charge is 0.329 e. The standard InChI is InChI=1S/C21H21N3O2/c1-15(25)17-13-24(20-18(19(17)26)22-11-12-23-20)14-21(9-5-6-10-21)16-7-3-2-4-8-16/h2-4,7-8,11-13H,5-6,9-10,14H2,1H3. The van der Waals surface area contributed by atoms with Gasteiger partial charge in [-0.05, 0) is 25.3 Å². The molecule has 1 fully saturated rings. The Balaban J connectivity index is 1.90. The number of hydrogen-bond donors (Lipinski definition) is 0. The van der Waals surface area contributed by atoms with E-state index in [1.807, 2.05) is 10.6 Å². The summed E-state index contributed by atoms with van der Waals surface area (Å²) in [6.07, 6.45) is 9.29. The van der Waals surface area contributed by atoms with Crippen LogP contribution in [-0.4, -0.2) is 20.3 Å². The van der Waals surface area contributed by atoms with E-state index in [4.69, 9.17) is 0 Å². The van der Waals surface area contributed by atoms with Crippen LogP contribution in [0.1, 0.15) is 48.5 Å². The van der Waals surface area contributed by atoms with Gasteiger partial charge in [0.05, 0.1) is 5.56 Å². The molecule has 0 aliphatic heterocycles. The Kier molecular flexibility index (Phi) is 4.15. The molecule has 26 heavy (non-hydrogen) atoms. The molecule has 1 aliphatic carbocycles. The van der Waals surface area contributed by atoms with E-state index in [1.165, 1.54) is 31.5 Å². The number of carbonyl (C=O) groups is 1. The molecule has 1 aromatic carbocycles. The molecule has 0 spiro atoms. The smallest absolute Gasteiger partial charge is 0.220 e. The number of rotatable bonds is 4. The van der Waals surface area contributed by atoms with E-state index in [1.54, 1.807) is 12.4 Å². The third-order valence-corrected chi connectivity index (χ3v) is 5.49. The Hall–Kier alpha value is -2.82. The maximum absolute atomic E-state index is 12.6. The van der Waals surface area contributed by atoms with Gasteiger partial charge in [-0.2, -0.15) is 0 Å². The van der Waals surface area contributed by atoms with Crippen LogP contribution in [0.25, 0.3) is 11.2 Å². The van der Waals surface area contributed by atoms with Gasteiger partial charge in [0, 0.05) is 30.6 Å². The van der Waals surface area contributed by atoms with Crippen LogP contribution in [0.4, 0.5) is 0 Å². The first-order valence-corrected chi connectivity index (χ1v) is 9.01. The molecule has 0 saturated heterocycles. The lowest BCUT2D eigenvalue weighted by Crippen LogP contribution is -2.30. The lowest BCUT2D eigenvalue weighted by atomic mass is 9.78. The van der Waals surface area contributed by atoms with E-state index in [9.17, 15) is 9.59 Å². The van der Waals surface area contributed by atoms with E-state index in [0.717, 1.165) is 12.8 Å². The molecule has 0 radical (unpaired) electrons. The SMILES string of the molecule is CC(=O)c1cn(CC2(c3ccccc3)CCCC2)c2nccnc2c1=O. The molecule has 1 aliphatic rings. The van der Waals surface area contributed by atoms with Gasteiger partial charge >= 0.3 is 0 Å². The van der Waals surface area contributed by atoms with Crippen LogP contribution in [0.2, 0.25) is 0 Å². The number of carbonyl (C=O) groups excluding carboxylic acids is 1. The highest BCUT2D eigenvalue weighted by Gasteiger charge is 2.36. The maximum Gasteiger partial charge on any atom is 0.220 e. The zero-order chi connectivity index (χ0) is 18.1. The van der Waals surface area contributed by atoms with E-state index in [2.05, 4.69) is 34.2 Å². The minimum Gasteiger partial charge on any atom is -0.329 e. The third kappa shape index (κ3) is 2.73. The minimum absolute atomic E-state index is 0.00512. The molecule has 4 rings (SSSR count). The van der Waals surface area contributed by atoms with Gasteiger partial charge in [0.25, 0.3) is 0 Å². The number of hydrogen-bond acceptors (Lipinski definition) is 4. The van der Waals surface area contributed by atoms with Crippen LogP contribution in [0, 0.1) is 0 Å². The highest BCUT2D eigenvalue weighted by molar-refractivity contribution is 5.96. The Morgan fingerprint density at radius 2 is 1.81 bits per heavy atom. The molecule has 0 atom stereocenters. The van der Waals surface area contributed by atoms with Gasteiger partial charge in [-0.25, -0.2) is 9.97 Å². The average Bonchev–Trinajstić information content (AvgIpc) is 3.14. The number of nitrogens with zero attached hydrogens (tertiary/aromatic N) is 3. The summed E-state index contributed by atoms with van der Waals surface area (Å²) in [5.74, 6) is -0.239. The number of pyridine rings is 1. The second-order valence-corrected chi connectivity index (χ2v) is 7.14. The molecule has 0 bridgehead atoms. The molecule has 0 amide bonds. The first-order chi connectivity index (χ1) is 12.6. The van der Waals surface area contributed by atoms with Crippen LogP contribution in [0.5, 0.6) is 0 Å². The van der Waals surface area contributed by atoms with Crippen molar-refractivity contribution in [1.29, 1.82) is 0 Å². The summed E-state index contributed by atoms with van der Waals surface area (Å²) < 4.78 is 1.96. The summed E-state index contributed by atoms with van der Waals surface area (Å²) >= 11 is 0. The minimum atomic E-state index is -0.336. The van der Waals surface area contributed by atoms with Crippen molar-refractivity contribution in [2.24, 2.45) is 0 Å². The van der Waals surface area contributed by atoms with Gasteiger partial charge in [-0.15, -0.1) is 0 Å². The summed E-state index contributed by atoms with van der Waals surface area (Å²) in [5.41, 5.74) is 1.95. The number of fused-ring (bicyclic) bond motifs is 1. The highest BCUT2D eigenvalue weighted by atomic mass is 16.1. The van der Waals surface area contributed by atoms with Gasteiger partial charge in [0.1, 0.15) is 0 Å². The summed E-state index contributed by atoms with van der Waals surface area (Å²) in [5, 5.41) is 0. The molecule has 5 heteroatoms. The molecule has 2 aromatic heterocycles. The molecule has 0 unspecified atom stereocenters. The number of benzene rings is 1. The molecule has 132 valence electrons. The van der Waals surface area contributed by atoms with E-state index in [0.29, 0.717) is 12.2 Å². The molecule has 3 aromatic rings. The summed E-state index contributed by atoms with van der Waals surface area (Å²) in [7, 11) is 0. The zero-order valence-electron chi connectivity index (χ0n) is 14.8. The van der Waals surface area contributed by atoms with Crippen molar-refractivity contribution >= 4 is 16.9 Å². The first kappa shape index (κ1) is 16.6. The molecule has 2 heterocycles.